The van der Waals surface area contributed by atoms with Gasteiger partial charge in [-0.25, -0.2) is 0 Å². The molecule has 0 spiro atoms. The fourth-order valence-corrected chi connectivity index (χ4v) is 1.25. The molecule has 14 heavy (non-hydrogen) atoms. The van der Waals surface area contributed by atoms with Crippen LogP contribution < -0.4 is 5.32 Å². The zero-order chi connectivity index (χ0) is 10.9. The standard InChI is InChI=1S/C9H10F3NO/c1-5-3-6(9(10,11)12)8(13-2)7(14)4-5/h3-4,13-14H,1-2H3. The van der Waals surface area contributed by atoms with Gasteiger partial charge in [-0.15, -0.1) is 0 Å². The molecule has 0 amide bonds. The van der Waals surface area contributed by atoms with Gasteiger partial charge in [0.25, 0.3) is 0 Å². The topological polar surface area (TPSA) is 32.3 Å². The first-order chi connectivity index (χ1) is 6.36. The predicted octanol–water partition coefficient (Wildman–Crippen LogP) is 2.76. The number of anilines is 1. The summed E-state index contributed by atoms with van der Waals surface area (Å²) in [4.78, 5) is 0. The number of rotatable bonds is 1. The van der Waals surface area contributed by atoms with Crippen molar-refractivity contribution in [1.82, 2.24) is 0 Å². The van der Waals surface area contributed by atoms with Gasteiger partial charge in [0.05, 0.1) is 11.3 Å². The maximum atomic E-state index is 12.4. The molecule has 0 saturated carbocycles. The zero-order valence-corrected chi connectivity index (χ0v) is 7.74. The van der Waals surface area contributed by atoms with Crippen LogP contribution in [0.25, 0.3) is 0 Å². The number of hydrogen-bond acceptors (Lipinski definition) is 2. The molecule has 0 unspecified atom stereocenters. The van der Waals surface area contributed by atoms with Gasteiger partial charge in [-0.2, -0.15) is 13.2 Å². The van der Waals surface area contributed by atoms with Crippen LogP contribution in [0.5, 0.6) is 5.75 Å². The summed E-state index contributed by atoms with van der Waals surface area (Å²) < 4.78 is 37.3. The molecule has 0 aliphatic heterocycles. The second kappa shape index (κ2) is 3.40. The van der Waals surface area contributed by atoms with Crippen LogP contribution in [-0.4, -0.2) is 12.2 Å². The van der Waals surface area contributed by atoms with E-state index in [0.29, 0.717) is 5.56 Å². The lowest BCUT2D eigenvalue weighted by atomic mass is 10.1. The van der Waals surface area contributed by atoms with Crippen molar-refractivity contribution in [3.63, 3.8) is 0 Å². The highest BCUT2D eigenvalue weighted by Crippen LogP contribution is 2.39. The first kappa shape index (κ1) is 10.7. The molecule has 2 nitrogen and oxygen atoms in total. The van der Waals surface area contributed by atoms with Gasteiger partial charge in [0.1, 0.15) is 5.75 Å². The van der Waals surface area contributed by atoms with Gasteiger partial charge in [-0.1, -0.05) is 0 Å². The van der Waals surface area contributed by atoms with Crippen molar-refractivity contribution in [2.45, 2.75) is 13.1 Å². The van der Waals surface area contributed by atoms with Crippen molar-refractivity contribution in [3.8, 4) is 5.75 Å². The summed E-state index contributed by atoms with van der Waals surface area (Å²) >= 11 is 0. The fraction of sp³-hybridized carbons (Fsp3) is 0.333. The molecule has 2 N–H and O–H groups in total. The van der Waals surface area contributed by atoms with Gasteiger partial charge in [0.15, 0.2) is 0 Å². The highest BCUT2D eigenvalue weighted by molar-refractivity contribution is 5.63. The summed E-state index contributed by atoms with van der Waals surface area (Å²) in [6.07, 6.45) is -4.46. The monoisotopic (exact) mass is 205 g/mol. The summed E-state index contributed by atoms with van der Waals surface area (Å²) in [6.45, 7) is 1.49. The van der Waals surface area contributed by atoms with Crippen molar-refractivity contribution < 1.29 is 18.3 Å². The van der Waals surface area contributed by atoms with E-state index in [0.717, 1.165) is 6.07 Å². The van der Waals surface area contributed by atoms with E-state index in [1.54, 1.807) is 0 Å². The average Bonchev–Trinajstić information content (AvgIpc) is 2.01. The largest absolute Gasteiger partial charge is 0.506 e. The molecule has 0 aliphatic rings. The Hall–Kier alpha value is -1.39. The molecule has 1 aromatic rings. The van der Waals surface area contributed by atoms with E-state index in [-0.39, 0.29) is 11.4 Å². The van der Waals surface area contributed by atoms with Crippen LogP contribution in [0.2, 0.25) is 0 Å². The number of phenolic OH excluding ortho intramolecular Hbond substituents is 1. The Bertz CT molecular complexity index is 347. The van der Waals surface area contributed by atoms with Gasteiger partial charge in [-0.3, -0.25) is 0 Å². The minimum Gasteiger partial charge on any atom is -0.506 e. The molecular formula is C9H10F3NO. The molecule has 0 fully saturated rings. The van der Waals surface area contributed by atoms with Gasteiger partial charge in [0.2, 0.25) is 0 Å². The number of alkyl halides is 3. The molecule has 5 heteroatoms. The fourth-order valence-electron chi connectivity index (χ4n) is 1.25. The quantitative estimate of drug-likeness (QED) is 0.691. The number of hydrogen-bond donors (Lipinski definition) is 2. The Kier molecular flexibility index (Phi) is 2.59. The number of phenols is 1. The molecule has 0 aromatic heterocycles. The lowest BCUT2D eigenvalue weighted by Crippen LogP contribution is -2.09. The van der Waals surface area contributed by atoms with Crippen LogP contribution in [-0.2, 0) is 6.18 Å². The van der Waals surface area contributed by atoms with Crippen molar-refractivity contribution >= 4 is 5.69 Å². The van der Waals surface area contributed by atoms with Crippen LogP contribution in [0.1, 0.15) is 11.1 Å². The van der Waals surface area contributed by atoms with Gasteiger partial charge in [0, 0.05) is 7.05 Å². The maximum Gasteiger partial charge on any atom is 0.418 e. The molecule has 0 saturated heterocycles. The van der Waals surface area contributed by atoms with Gasteiger partial charge in [-0.05, 0) is 24.6 Å². The van der Waals surface area contributed by atoms with E-state index < -0.39 is 11.7 Å². The lowest BCUT2D eigenvalue weighted by Gasteiger charge is -2.14. The number of nitrogens with one attached hydrogen (secondary N) is 1. The minimum atomic E-state index is -4.46. The lowest BCUT2D eigenvalue weighted by molar-refractivity contribution is -0.137. The van der Waals surface area contributed by atoms with Gasteiger partial charge < -0.3 is 10.4 Å². The molecule has 78 valence electrons. The third kappa shape index (κ3) is 1.92. The Morgan fingerprint density at radius 2 is 1.86 bits per heavy atom. The Balaban J connectivity index is 3.40. The first-order valence-corrected chi connectivity index (χ1v) is 3.95. The Labute approximate surface area is 79.4 Å². The Morgan fingerprint density at radius 3 is 2.29 bits per heavy atom. The summed E-state index contributed by atoms with van der Waals surface area (Å²) in [6, 6.07) is 2.27. The molecule has 0 bridgehead atoms. The summed E-state index contributed by atoms with van der Waals surface area (Å²) in [5.74, 6) is -0.389. The van der Waals surface area contributed by atoms with E-state index in [2.05, 4.69) is 5.32 Å². The van der Waals surface area contributed by atoms with E-state index in [4.69, 9.17) is 0 Å². The molecular weight excluding hydrogens is 195 g/mol. The SMILES string of the molecule is CNc1c(O)cc(C)cc1C(F)(F)F. The van der Waals surface area contributed by atoms with Gasteiger partial charge >= 0.3 is 6.18 Å². The minimum absolute atomic E-state index is 0.289. The van der Waals surface area contributed by atoms with Crippen molar-refractivity contribution in [2.24, 2.45) is 0 Å². The van der Waals surface area contributed by atoms with E-state index in [1.165, 1.54) is 20.0 Å². The van der Waals surface area contributed by atoms with Crippen LogP contribution >= 0.6 is 0 Å². The molecule has 1 rings (SSSR count). The highest BCUT2D eigenvalue weighted by Gasteiger charge is 2.34. The first-order valence-electron chi connectivity index (χ1n) is 3.95. The highest BCUT2D eigenvalue weighted by atomic mass is 19.4. The third-order valence-corrected chi connectivity index (χ3v) is 1.82. The average molecular weight is 205 g/mol. The normalized spacial score (nSPS) is 11.5. The van der Waals surface area contributed by atoms with Crippen LogP contribution in [0.4, 0.5) is 18.9 Å². The third-order valence-electron chi connectivity index (χ3n) is 1.82. The summed E-state index contributed by atoms with van der Waals surface area (Å²) in [7, 11) is 1.33. The van der Waals surface area contributed by atoms with Crippen molar-refractivity contribution in [1.29, 1.82) is 0 Å². The van der Waals surface area contributed by atoms with E-state index >= 15 is 0 Å². The zero-order valence-electron chi connectivity index (χ0n) is 7.74. The Morgan fingerprint density at radius 1 is 1.29 bits per heavy atom. The van der Waals surface area contributed by atoms with Crippen LogP contribution in [0.3, 0.4) is 0 Å². The number of aromatic hydroxyl groups is 1. The van der Waals surface area contributed by atoms with Crippen molar-refractivity contribution in [3.05, 3.63) is 23.3 Å². The second-order valence-electron chi connectivity index (χ2n) is 2.95. The second-order valence-corrected chi connectivity index (χ2v) is 2.95. The van der Waals surface area contributed by atoms with Crippen LogP contribution in [0, 0.1) is 6.92 Å². The van der Waals surface area contributed by atoms with E-state index in [9.17, 15) is 18.3 Å². The smallest absolute Gasteiger partial charge is 0.418 e. The van der Waals surface area contributed by atoms with Crippen LogP contribution in [0.15, 0.2) is 12.1 Å². The summed E-state index contributed by atoms with van der Waals surface area (Å²) in [5, 5.41) is 11.6. The molecule has 0 heterocycles. The number of aryl methyl sites for hydroxylation is 1. The number of halogens is 3. The molecule has 0 radical (unpaired) electrons. The maximum absolute atomic E-state index is 12.4. The molecule has 1 aromatic carbocycles. The van der Waals surface area contributed by atoms with E-state index in [1.807, 2.05) is 0 Å². The summed E-state index contributed by atoms with van der Waals surface area (Å²) in [5.41, 5.74) is -0.769. The predicted molar refractivity (Wildman–Crippen MR) is 47.4 cm³/mol. The number of benzene rings is 1. The van der Waals surface area contributed by atoms with Crippen molar-refractivity contribution in [2.75, 3.05) is 12.4 Å². The molecule has 0 atom stereocenters. The molecule has 0 aliphatic carbocycles.